The highest BCUT2D eigenvalue weighted by atomic mass is 32.1. The van der Waals surface area contributed by atoms with Gasteiger partial charge in [0.25, 0.3) is 0 Å². The van der Waals surface area contributed by atoms with Crippen LogP contribution in [-0.4, -0.2) is 41.7 Å². The molecule has 0 saturated carbocycles. The molecule has 216 valence electrons. The lowest BCUT2D eigenvalue weighted by Gasteiger charge is -2.16. The molecule has 43 heavy (non-hydrogen) atoms. The van der Waals surface area contributed by atoms with E-state index in [9.17, 15) is 0 Å². The Labute approximate surface area is 257 Å². The predicted molar refractivity (Wildman–Crippen MR) is 177 cm³/mol. The summed E-state index contributed by atoms with van der Waals surface area (Å²) >= 11 is 5.89. The molecule has 0 bridgehead atoms. The molecule has 7 nitrogen and oxygen atoms in total. The number of fused-ring (bicyclic) bond motifs is 1. The molecule has 2 heterocycles. The van der Waals surface area contributed by atoms with E-state index in [1.54, 1.807) is 0 Å². The van der Waals surface area contributed by atoms with E-state index < -0.39 is 0 Å². The quantitative estimate of drug-likeness (QED) is 0.165. The second-order valence-electron chi connectivity index (χ2n) is 11.0. The van der Waals surface area contributed by atoms with Gasteiger partial charge < -0.3 is 9.88 Å². The summed E-state index contributed by atoms with van der Waals surface area (Å²) in [6.07, 6.45) is 1.94. The van der Waals surface area contributed by atoms with Crippen molar-refractivity contribution >= 4 is 28.2 Å². The number of imidazole rings is 1. The van der Waals surface area contributed by atoms with Gasteiger partial charge in [0.2, 0.25) is 5.82 Å². The van der Waals surface area contributed by atoms with Crippen molar-refractivity contribution in [3.05, 3.63) is 119 Å². The van der Waals surface area contributed by atoms with Crippen molar-refractivity contribution in [3.63, 3.8) is 0 Å². The lowest BCUT2D eigenvalue weighted by atomic mass is 9.98. The fourth-order valence-corrected chi connectivity index (χ4v) is 5.79. The highest BCUT2D eigenvalue weighted by molar-refractivity contribution is 7.80. The van der Waals surface area contributed by atoms with Crippen LogP contribution in [0.1, 0.15) is 54.3 Å². The van der Waals surface area contributed by atoms with Gasteiger partial charge in [-0.25, -0.2) is 4.98 Å². The number of H-pyrrole nitrogens is 1. The number of aryl methyl sites for hydroxylation is 2. The first-order valence-electron chi connectivity index (χ1n) is 14.8. The minimum atomic E-state index is 0.354. The number of hydrogen-bond donors (Lipinski definition) is 2. The van der Waals surface area contributed by atoms with Crippen molar-refractivity contribution in [2.75, 3.05) is 6.54 Å². The number of benzene rings is 4. The number of thiocarbonyl (C=S) groups is 1. The molecule has 0 fully saturated rings. The molecular weight excluding hydrogens is 551 g/mol. The first-order chi connectivity index (χ1) is 21.0. The SMILES string of the molecule is CCCc1nc2c(C)cc(C(=S)NC[C@H](C)c3ccccc3)cc2n1Cc1ccc(-c2ccccc2-c2nn[nH]n2)cc1. The second kappa shape index (κ2) is 12.7. The van der Waals surface area contributed by atoms with E-state index in [0.717, 1.165) is 75.6 Å². The van der Waals surface area contributed by atoms with Gasteiger partial charge in [0.1, 0.15) is 10.8 Å². The third-order valence-corrected chi connectivity index (χ3v) is 8.30. The monoisotopic (exact) mass is 585 g/mol. The zero-order valence-electron chi connectivity index (χ0n) is 24.7. The molecule has 0 aliphatic rings. The van der Waals surface area contributed by atoms with Crippen molar-refractivity contribution in [3.8, 4) is 22.5 Å². The average molecular weight is 586 g/mol. The van der Waals surface area contributed by atoms with Crippen LogP contribution < -0.4 is 5.32 Å². The summed E-state index contributed by atoms with van der Waals surface area (Å²) in [6, 6.07) is 31.7. The molecule has 4 aromatic carbocycles. The molecule has 0 amide bonds. The van der Waals surface area contributed by atoms with Crippen molar-refractivity contribution in [1.82, 2.24) is 35.5 Å². The Hall–Kier alpha value is -4.69. The minimum Gasteiger partial charge on any atom is -0.375 e. The van der Waals surface area contributed by atoms with Gasteiger partial charge in [0.15, 0.2) is 0 Å². The maximum absolute atomic E-state index is 5.89. The van der Waals surface area contributed by atoms with Crippen LogP contribution in [0.25, 0.3) is 33.5 Å². The smallest absolute Gasteiger partial charge is 0.205 e. The van der Waals surface area contributed by atoms with Gasteiger partial charge in [-0.3, -0.25) is 0 Å². The van der Waals surface area contributed by atoms with Crippen molar-refractivity contribution < 1.29 is 0 Å². The molecule has 0 aliphatic heterocycles. The van der Waals surface area contributed by atoms with Crippen molar-refractivity contribution in [2.45, 2.75) is 46.1 Å². The number of nitrogens with one attached hydrogen (secondary N) is 2. The molecule has 1 atom stereocenters. The lowest BCUT2D eigenvalue weighted by Crippen LogP contribution is -2.26. The summed E-state index contributed by atoms with van der Waals surface area (Å²) in [5, 5.41) is 18.2. The van der Waals surface area contributed by atoms with E-state index in [0.29, 0.717) is 11.7 Å². The highest BCUT2D eigenvalue weighted by Gasteiger charge is 2.16. The van der Waals surface area contributed by atoms with Gasteiger partial charge in [-0.15, -0.1) is 10.2 Å². The van der Waals surface area contributed by atoms with Crippen LogP contribution in [0.15, 0.2) is 91.0 Å². The Balaban J connectivity index is 1.27. The minimum absolute atomic E-state index is 0.354. The van der Waals surface area contributed by atoms with Crippen LogP contribution >= 0.6 is 12.2 Å². The predicted octanol–water partition coefficient (Wildman–Crippen LogP) is 7.26. The van der Waals surface area contributed by atoms with E-state index in [1.165, 1.54) is 11.1 Å². The lowest BCUT2D eigenvalue weighted by molar-refractivity contribution is 0.721. The van der Waals surface area contributed by atoms with Gasteiger partial charge in [-0.05, 0) is 64.4 Å². The molecule has 0 aliphatic carbocycles. The van der Waals surface area contributed by atoms with Crippen LogP contribution in [0.2, 0.25) is 0 Å². The first-order valence-corrected chi connectivity index (χ1v) is 15.2. The number of rotatable bonds is 10. The van der Waals surface area contributed by atoms with E-state index in [2.05, 4.69) is 118 Å². The summed E-state index contributed by atoms with van der Waals surface area (Å²) in [6.45, 7) is 8.06. The normalized spacial score (nSPS) is 12.0. The van der Waals surface area contributed by atoms with Crippen LogP contribution in [-0.2, 0) is 13.0 Å². The number of hydrogen-bond acceptors (Lipinski definition) is 5. The van der Waals surface area contributed by atoms with Crippen LogP contribution in [0.4, 0.5) is 0 Å². The molecule has 0 saturated heterocycles. The van der Waals surface area contributed by atoms with Gasteiger partial charge in [0, 0.05) is 30.6 Å². The standard InChI is InChI=1S/C35H35N7S/c1-4-10-32-37-33-23(2)19-28(35(43)36-21-24(3)26-11-6-5-7-12-26)20-31(33)42(32)22-25-15-17-27(18-16-25)29-13-8-9-14-30(29)34-38-40-41-39-34/h5-9,11-20,24H,4,10,21-22H2,1-3H3,(H,36,43)(H,38,39,40,41)/t24-/m0/s1. The van der Waals surface area contributed by atoms with Crippen LogP contribution in [0.3, 0.4) is 0 Å². The molecular formula is C35H35N7S. The van der Waals surface area contributed by atoms with Gasteiger partial charge in [0.05, 0.1) is 11.0 Å². The number of aromatic nitrogens is 6. The Kier molecular flexibility index (Phi) is 8.38. The Morgan fingerprint density at radius 1 is 0.953 bits per heavy atom. The zero-order chi connectivity index (χ0) is 29.8. The van der Waals surface area contributed by atoms with Crippen molar-refractivity contribution in [2.24, 2.45) is 0 Å². The summed E-state index contributed by atoms with van der Waals surface area (Å²) in [7, 11) is 0. The van der Waals surface area contributed by atoms with Crippen LogP contribution in [0, 0.1) is 6.92 Å². The number of tetrazole rings is 1. The Bertz CT molecular complexity index is 1840. The number of nitrogens with zero attached hydrogens (tertiary/aromatic N) is 5. The third-order valence-electron chi connectivity index (χ3n) is 7.92. The molecule has 0 unspecified atom stereocenters. The first kappa shape index (κ1) is 28.4. The van der Waals surface area contributed by atoms with Gasteiger partial charge in [-0.1, -0.05) is 105 Å². The van der Waals surface area contributed by atoms with Gasteiger partial charge >= 0.3 is 0 Å². The molecule has 6 aromatic rings. The topological polar surface area (TPSA) is 84.3 Å². The number of aromatic amines is 1. The molecule has 0 spiro atoms. The molecule has 8 heteroatoms. The highest BCUT2D eigenvalue weighted by Crippen LogP contribution is 2.30. The van der Waals surface area contributed by atoms with E-state index >= 15 is 0 Å². The summed E-state index contributed by atoms with van der Waals surface area (Å²) < 4.78 is 2.35. The fourth-order valence-electron chi connectivity index (χ4n) is 5.59. The Morgan fingerprint density at radius 2 is 1.70 bits per heavy atom. The van der Waals surface area contributed by atoms with Crippen LogP contribution in [0.5, 0.6) is 0 Å². The molecule has 6 rings (SSSR count). The van der Waals surface area contributed by atoms with Gasteiger partial charge in [-0.2, -0.15) is 5.21 Å². The Morgan fingerprint density at radius 3 is 2.42 bits per heavy atom. The molecule has 0 radical (unpaired) electrons. The summed E-state index contributed by atoms with van der Waals surface area (Å²) in [5.74, 6) is 2.04. The van der Waals surface area contributed by atoms with E-state index in [-0.39, 0.29) is 0 Å². The zero-order valence-corrected chi connectivity index (χ0v) is 25.5. The fraction of sp³-hybridized carbons (Fsp3) is 0.229. The average Bonchev–Trinajstić information content (AvgIpc) is 3.70. The maximum Gasteiger partial charge on any atom is 0.205 e. The van der Waals surface area contributed by atoms with E-state index in [4.69, 9.17) is 17.2 Å². The summed E-state index contributed by atoms with van der Waals surface area (Å²) in [5.41, 5.74) is 9.94. The second-order valence-corrected chi connectivity index (χ2v) is 11.4. The van der Waals surface area contributed by atoms with Crippen molar-refractivity contribution in [1.29, 1.82) is 0 Å². The summed E-state index contributed by atoms with van der Waals surface area (Å²) in [4.78, 5) is 5.86. The molecule has 2 aromatic heterocycles. The maximum atomic E-state index is 5.89. The van der Waals surface area contributed by atoms with E-state index in [1.807, 2.05) is 24.3 Å². The largest absolute Gasteiger partial charge is 0.375 e. The third kappa shape index (κ3) is 6.10. The molecule has 2 N–H and O–H groups in total.